The molecule has 2 saturated heterocycles. The summed E-state index contributed by atoms with van der Waals surface area (Å²) in [6.45, 7) is 2.98. The van der Waals surface area contributed by atoms with Gasteiger partial charge in [0.25, 0.3) is 5.56 Å². The van der Waals surface area contributed by atoms with Crippen molar-refractivity contribution in [1.29, 1.82) is 0 Å². The molecule has 3 rings (SSSR count). The van der Waals surface area contributed by atoms with E-state index >= 15 is 0 Å². The van der Waals surface area contributed by atoms with Crippen LogP contribution in [0.3, 0.4) is 0 Å². The summed E-state index contributed by atoms with van der Waals surface area (Å²) in [7, 11) is 1.84. The average molecular weight is 372 g/mol. The van der Waals surface area contributed by atoms with Gasteiger partial charge in [-0.3, -0.25) is 14.2 Å². The van der Waals surface area contributed by atoms with Crippen LogP contribution in [-0.2, 0) is 17.5 Å². The van der Waals surface area contributed by atoms with E-state index in [0.717, 1.165) is 45.2 Å². The van der Waals surface area contributed by atoms with Gasteiger partial charge in [0.2, 0.25) is 5.91 Å². The number of carbonyl (C=O) groups is 1. The Morgan fingerprint density at radius 1 is 1.15 bits per heavy atom. The lowest BCUT2D eigenvalue weighted by molar-refractivity contribution is -0.141. The van der Waals surface area contributed by atoms with E-state index in [1.165, 1.54) is 4.57 Å². The molecule has 3 heterocycles. The van der Waals surface area contributed by atoms with Crippen LogP contribution < -0.4 is 5.56 Å². The van der Waals surface area contributed by atoms with Gasteiger partial charge in [-0.15, -0.1) is 0 Å². The van der Waals surface area contributed by atoms with E-state index in [-0.39, 0.29) is 17.9 Å². The second-order valence-corrected chi connectivity index (χ2v) is 7.20. The zero-order valence-corrected chi connectivity index (χ0v) is 14.7. The number of hydrogen-bond donors (Lipinski definition) is 0. The normalized spacial score (nSPS) is 23.0. The first-order valence-electron chi connectivity index (χ1n) is 8.85. The molecule has 6 nitrogen and oxygen atoms in total. The third-order valence-corrected chi connectivity index (χ3v) is 5.43. The van der Waals surface area contributed by atoms with Crippen molar-refractivity contribution in [3.05, 3.63) is 28.4 Å². The quantitative estimate of drug-likeness (QED) is 0.806. The maximum atomic E-state index is 12.6. The number of rotatable bonds is 4. The summed E-state index contributed by atoms with van der Waals surface area (Å²) < 4.78 is 39.0. The molecular weight excluding hydrogens is 349 g/mol. The van der Waals surface area contributed by atoms with E-state index in [4.69, 9.17) is 0 Å². The molecule has 1 atom stereocenters. The molecule has 2 aliphatic rings. The summed E-state index contributed by atoms with van der Waals surface area (Å²) in [5.74, 6) is 0.435. The van der Waals surface area contributed by atoms with Crippen LogP contribution in [-0.4, -0.2) is 58.0 Å². The van der Waals surface area contributed by atoms with Crippen molar-refractivity contribution in [2.75, 3.05) is 26.7 Å². The number of nitrogens with zero attached hydrogens (tertiary/aromatic N) is 4. The second kappa shape index (κ2) is 7.38. The molecule has 2 fully saturated rings. The Morgan fingerprint density at radius 2 is 1.85 bits per heavy atom. The van der Waals surface area contributed by atoms with Gasteiger partial charge in [-0.2, -0.15) is 13.2 Å². The molecule has 0 spiro atoms. The van der Waals surface area contributed by atoms with E-state index in [1.807, 2.05) is 11.9 Å². The van der Waals surface area contributed by atoms with Gasteiger partial charge in [0.1, 0.15) is 0 Å². The van der Waals surface area contributed by atoms with Crippen LogP contribution in [0.4, 0.5) is 13.2 Å². The molecule has 0 saturated carbocycles. The van der Waals surface area contributed by atoms with Crippen molar-refractivity contribution in [3.63, 3.8) is 0 Å². The number of aromatic nitrogens is 2. The number of hydrogen-bond acceptors (Lipinski definition) is 4. The van der Waals surface area contributed by atoms with Crippen LogP contribution >= 0.6 is 0 Å². The Morgan fingerprint density at radius 3 is 2.38 bits per heavy atom. The van der Waals surface area contributed by atoms with E-state index in [2.05, 4.69) is 9.88 Å². The van der Waals surface area contributed by atoms with Crippen molar-refractivity contribution in [2.24, 2.45) is 5.92 Å². The van der Waals surface area contributed by atoms with E-state index in [0.29, 0.717) is 19.0 Å². The van der Waals surface area contributed by atoms with Gasteiger partial charge in [-0.05, 0) is 38.3 Å². The van der Waals surface area contributed by atoms with Crippen molar-refractivity contribution in [2.45, 2.75) is 44.4 Å². The van der Waals surface area contributed by atoms with Gasteiger partial charge in [-0.1, -0.05) is 0 Å². The zero-order valence-electron chi connectivity index (χ0n) is 14.7. The molecule has 0 bridgehead atoms. The summed E-state index contributed by atoms with van der Waals surface area (Å²) in [6.07, 6.45) is -0.353. The molecule has 0 aromatic carbocycles. The Labute approximate surface area is 149 Å². The van der Waals surface area contributed by atoms with Crippen molar-refractivity contribution >= 4 is 5.91 Å². The molecule has 1 aromatic rings. The van der Waals surface area contributed by atoms with Gasteiger partial charge in [0, 0.05) is 38.7 Å². The lowest BCUT2D eigenvalue weighted by atomic mass is 9.96. The van der Waals surface area contributed by atoms with Crippen molar-refractivity contribution in [3.8, 4) is 0 Å². The highest BCUT2D eigenvalue weighted by Gasteiger charge is 2.33. The number of amides is 1. The summed E-state index contributed by atoms with van der Waals surface area (Å²) in [5, 5.41) is 0. The standard InChI is InChI=1S/C17H23F3N4O2/c1-22-13(2-3-15(22)25)10-23-6-4-12(5-7-23)9-24-11-21-14(8-16(24)26)17(18,19)20/h8,11-13H,2-7,9-10H2,1H3. The third-order valence-electron chi connectivity index (χ3n) is 5.43. The van der Waals surface area contributed by atoms with Gasteiger partial charge >= 0.3 is 6.18 Å². The van der Waals surface area contributed by atoms with Crippen LogP contribution in [0.25, 0.3) is 0 Å². The zero-order chi connectivity index (χ0) is 18.9. The highest BCUT2D eigenvalue weighted by Crippen LogP contribution is 2.26. The summed E-state index contributed by atoms with van der Waals surface area (Å²) in [4.78, 5) is 31.0. The topological polar surface area (TPSA) is 58.4 Å². The van der Waals surface area contributed by atoms with Crippen LogP contribution in [0.5, 0.6) is 0 Å². The molecule has 2 aliphatic heterocycles. The number of piperidine rings is 1. The molecule has 0 radical (unpaired) electrons. The fourth-order valence-electron chi connectivity index (χ4n) is 3.72. The van der Waals surface area contributed by atoms with Gasteiger partial charge in [-0.25, -0.2) is 4.98 Å². The first kappa shape index (κ1) is 18.9. The second-order valence-electron chi connectivity index (χ2n) is 7.20. The number of carbonyl (C=O) groups excluding carboxylic acids is 1. The first-order chi connectivity index (χ1) is 12.2. The minimum Gasteiger partial charge on any atom is -0.341 e. The average Bonchev–Trinajstić information content (AvgIpc) is 2.89. The van der Waals surface area contributed by atoms with E-state index in [1.54, 1.807) is 0 Å². The first-order valence-corrected chi connectivity index (χ1v) is 8.85. The van der Waals surface area contributed by atoms with Crippen LogP contribution in [0.15, 0.2) is 17.2 Å². The number of alkyl halides is 3. The molecule has 144 valence electrons. The number of likely N-dealkylation sites (N-methyl/N-ethyl adjacent to an activating group) is 1. The number of halogens is 3. The minimum atomic E-state index is -4.60. The monoisotopic (exact) mass is 372 g/mol. The maximum Gasteiger partial charge on any atom is 0.433 e. The van der Waals surface area contributed by atoms with Gasteiger partial charge in [0.05, 0.1) is 6.33 Å². The molecular formula is C17H23F3N4O2. The van der Waals surface area contributed by atoms with Crippen LogP contribution in [0.2, 0.25) is 0 Å². The highest BCUT2D eigenvalue weighted by molar-refractivity contribution is 5.78. The maximum absolute atomic E-state index is 12.6. The summed E-state index contributed by atoms with van der Waals surface area (Å²) >= 11 is 0. The molecule has 1 aromatic heterocycles. The van der Waals surface area contributed by atoms with Crippen LogP contribution in [0, 0.1) is 5.92 Å². The van der Waals surface area contributed by atoms with E-state index in [9.17, 15) is 22.8 Å². The smallest absolute Gasteiger partial charge is 0.341 e. The van der Waals surface area contributed by atoms with Gasteiger partial charge in [0.15, 0.2) is 5.69 Å². The number of likely N-dealkylation sites (tertiary alicyclic amines) is 2. The van der Waals surface area contributed by atoms with Gasteiger partial charge < -0.3 is 9.80 Å². The Kier molecular flexibility index (Phi) is 5.36. The molecule has 1 unspecified atom stereocenters. The fourth-order valence-corrected chi connectivity index (χ4v) is 3.72. The predicted octanol–water partition coefficient (Wildman–Crippen LogP) is 1.59. The Bertz CT molecular complexity index is 711. The third kappa shape index (κ3) is 4.25. The highest BCUT2D eigenvalue weighted by atomic mass is 19.4. The van der Waals surface area contributed by atoms with Crippen molar-refractivity contribution < 1.29 is 18.0 Å². The summed E-state index contributed by atoms with van der Waals surface area (Å²) in [6, 6.07) is 0.822. The molecule has 26 heavy (non-hydrogen) atoms. The Balaban J connectivity index is 1.51. The molecule has 9 heteroatoms. The predicted molar refractivity (Wildman–Crippen MR) is 88.5 cm³/mol. The largest absolute Gasteiger partial charge is 0.433 e. The minimum absolute atomic E-state index is 0.194. The lowest BCUT2D eigenvalue weighted by Crippen LogP contribution is -2.44. The molecule has 0 aliphatic carbocycles. The van der Waals surface area contributed by atoms with E-state index < -0.39 is 17.4 Å². The SMILES string of the molecule is CN1C(=O)CCC1CN1CCC(Cn2cnc(C(F)(F)F)cc2=O)CC1. The molecule has 0 N–H and O–H groups in total. The lowest BCUT2D eigenvalue weighted by Gasteiger charge is -2.35. The van der Waals surface area contributed by atoms with Crippen molar-refractivity contribution in [1.82, 2.24) is 19.4 Å². The Hall–Kier alpha value is -1.90. The van der Waals surface area contributed by atoms with Crippen LogP contribution in [0.1, 0.15) is 31.4 Å². The summed E-state index contributed by atoms with van der Waals surface area (Å²) in [5.41, 5.74) is -1.82. The molecule has 1 amide bonds. The fraction of sp³-hybridized carbons (Fsp3) is 0.706.